The molecule has 0 fully saturated rings. The number of esters is 1. The summed E-state index contributed by atoms with van der Waals surface area (Å²) in [7, 11) is 1.30. The van der Waals surface area contributed by atoms with Gasteiger partial charge in [0.25, 0.3) is 5.78 Å². The Morgan fingerprint density at radius 1 is 1.38 bits per heavy atom. The van der Waals surface area contributed by atoms with Crippen LogP contribution in [0.25, 0.3) is 5.78 Å². The Labute approximate surface area is 146 Å². The minimum absolute atomic E-state index is 0.136. The number of aromatic nitrogens is 5. The highest BCUT2D eigenvalue weighted by Gasteiger charge is 2.17. The molecule has 3 aromatic heterocycles. The van der Waals surface area contributed by atoms with E-state index in [1.165, 1.54) is 13.4 Å². The van der Waals surface area contributed by atoms with E-state index in [1.807, 2.05) is 13.0 Å². The van der Waals surface area contributed by atoms with Gasteiger partial charge in [0.1, 0.15) is 12.1 Å². The van der Waals surface area contributed by atoms with Crippen LogP contribution in [0.5, 0.6) is 0 Å². The number of hydrogen-bond donors (Lipinski definition) is 2. The summed E-state index contributed by atoms with van der Waals surface area (Å²) in [6.07, 6.45) is 1.46. The van der Waals surface area contributed by atoms with E-state index < -0.39 is 5.97 Å². The molecule has 0 aliphatic heterocycles. The number of ether oxygens (including phenoxy) is 1. The van der Waals surface area contributed by atoms with Gasteiger partial charge in [-0.1, -0.05) is 22.9 Å². The molecule has 126 valence electrons. The van der Waals surface area contributed by atoms with Gasteiger partial charge in [0.05, 0.1) is 7.11 Å². The van der Waals surface area contributed by atoms with Gasteiger partial charge in [-0.25, -0.2) is 14.8 Å². The molecule has 0 spiro atoms. The second-order valence-corrected chi connectivity index (χ2v) is 6.10. The first kappa shape index (κ1) is 16.4. The highest BCUT2D eigenvalue weighted by atomic mass is 35.5. The Morgan fingerprint density at radius 2 is 2.17 bits per heavy atom. The first-order chi connectivity index (χ1) is 11.6. The zero-order valence-corrected chi connectivity index (χ0v) is 14.5. The number of fused-ring (bicyclic) bond motifs is 1. The molecular formula is C13H14ClN7O2S. The van der Waals surface area contributed by atoms with Crippen molar-refractivity contribution in [2.45, 2.75) is 6.92 Å². The number of methoxy groups -OCH3 is 1. The number of thiazole rings is 1. The number of hydrogen-bond acceptors (Lipinski definition) is 9. The lowest BCUT2D eigenvalue weighted by Crippen LogP contribution is -2.16. The number of anilines is 2. The molecule has 3 rings (SSSR count). The van der Waals surface area contributed by atoms with E-state index in [2.05, 4.69) is 35.4 Å². The average Bonchev–Trinajstić information content (AvgIpc) is 3.17. The van der Waals surface area contributed by atoms with Crippen LogP contribution in [-0.2, 0) is 4.74 Å². The largest absolute Gasteiger partial charge is 0.465 e. The van der Waals surface area contributed by atoms with Crippen molar-refractivity contribution in [1.82, 2.24) is 24.6 Å². The number of nitrogens with one attached hydrogen (secondary N) is 2. The molecular weight excluding hydrogens is 354 g/mol. The highest BCUT2D eigenvalue weighted by Crippen LogP contribution is 2.27. The molecule has 9 nitrogen and oxygen atoms in total. The Bertz CT molecular complexity index is 878. The molecule has 0 aliphatic rings. The van der Waals surface area contributed by atoms with Gasteiger partial charge in [-0.05, 0) is 6.92 Å². The maximum absolute atomic E-state index is 11.5. The Balaban J connectivity index is 1.59. The fourth-order valence-electron chi connectivity index (χ4n) is 2.01. The predicted molar refractivity (Wildman–Crippen MR) is 91.0 cm³/mol. The molecule has 0 aromatic carbocycles. The third-order valence-corrected chi connectivity index (χ3v) is 4.42. The van der Waals surface area contributed by atoms with Crippen LogP contribution in [0.2, 0.25) is 5.15 Å². The SMILES string of the molecule is COC(=O)c1sc(NCCNc2cc(C)nc3ncnn23)nc1Cl. The third kappa shape index (κ3) is 3.39. The van der Waals surface area contributed by atoms with Gasteiger partial charge in [0, 0.05) is 24.8 Å². The van der Waals surface area contributed by atoms with Crippen LogP contribution < -0.4 is 10.6 Å². The van der Waals surface area contributed by atoms with Gasteiger partial charge >= 0.3 is 5.97 Å². The van der Waals surface area contributed by atoms with Gasteiger partial charge < -0.3 is 15.4 Å². The van der Waals surface area contributed by atoms with Crippen molar-refractivity contribution in [3.05, 3.63) is 28.1 Å². The number of carbonyl (C=O) groups excluding carboxylic acids is 1. The van der Waals surface area contributed by atoms with E-state index in [9.17, 15) is 4.79 Å². The highest BCUT2D eigenvalue weighted by molar-refractivity contribution is 7.18. The molecule has 2 N–H and O–H groups in total. The van der Waals surface area contributed by atoms with E-state index in [0.29, 0.717) is 24.0 Å². The van der Waals surface area contributed by atoms with Gasteiger partial charge in [0.2, 0.25) is 0 Å². The van der Waals surface area contributed by atoms with Crippen LogP contribution >= 0.6 is 22.9 Å². The Hall–Kier alpha value is -2.46. The van der Waals surface area contributed by atoms with Gasteiger partial charge in [0.15, 0.2) is 15.2 Å². The lowest BCUT2D eigenvalue weighted by atomic mass is 10.4. The second-order valence-electron chi connectivity index (χ2n) is 4.74. The number of carbonyl (C=O) groups is 1. The topological polar surface area (TPSA) is 106 Å². The minimum atomic E-state index is -0.496. The smallest absolute Gasteiger partial charge is 0.351 e. The van der Waals surface area contributed by atoms with Crippen molar-refractivity contribution in [1.29, 1.82) is 0 Å². The van der Waals surface area contributed by atoms with E-state index in [4.69, 9.17) is 11.6 Å². The minimum Gasteiger partial charge on any atom is -0.465 e. The summed E-state index contributed by atoms with van der Waals surface area (Å²) < 4.78 is 6.27. The molecule has 0 atom stereocenters. The summed E-state index contributed by atoms with van der Waals surface area (Å²) in [6.45, 7) is 3.06. The molecule has 0 aliphatic carbocycles. The zero-order chi connectivity index (χ0) is 17.1. The lowest BCUT2D eigenvalue weighted by molar-refractivity contribution is 0.0606. The summed E-state index contributed by atoms with van der Waals surface area (Å²) in [5.74, 6) is 0.841. The number of nitrogens with zero attached hydrogens (tertiary/aromatic N) is 5. The summed E-state index contributed by atoms with van der Waals surface area (Å²) in [5, 5.41) is 11.2. The zero-order valence-electron chi connectivity index (χ0n) is 12.9. The number of rotatable bonds is 6. The van der Waals surface area contributed by atoms with Crippen LogP contribution in [0, 0.1) is 6.92 Å². The first-order valence-corrected chi connectivity index (χ1v) is 8.17. The van der Waals surface area contributed by atoms with E-state index in [1.54, 1.807) is 4.52 Å². The molecule has 0 radical (unpaired) electrons. The summed E-state index contributed by atoms with van der Waals surface area (Å²) in [5.41, 5.74) is 0.848. The van der Waals surface area contributed by atoms with Gasteiger partial charge in [-0.2, -0.15) is 14.6 Å². The van der Waals surface area contributed by atoms with Crippen molar-refractivity contribution in [3.63, 3.8) is 0 Å². The van der Waals surface area contributed by atoms with Crippen molar-refractivity contribution in [3.8, 4) is 0 Å². The van der Waals surface area contributed by atoms with Crippen molar-refractivity contribution in [2.75, 3.05) is 30.8 Å². The second kappa shape index (κ2) is 6.97. The van der Waals surface area contributed by atoms with Crippen LogP contribution in [0.15, 0.2) is 12.4 Å². The standard InChI is InChI=1S/C13H14ClN7O2S/c1-7-5-8(21-12(19-7)17-6-18-21)15-3-4-16-13-20-10(14)9(24-13)11(22)23-2/h5-6,15H,3-4H2,1-2H3,(H,16,20). The number of halogens is 1. The quantitative estimate of drug-likeness (QED) is 0.502. The van der Waals surface area contributed by atoms with E-state index >= 15 is 0 Å². The first-order valence-electron chi connectivity index (χ1n) is 6.98. The van der Waals surface area contributed by atoms with Gasteiger partial charge in [-0.15, -0.1) is 0 Å². The summed E-state index contributed by atoms with van der Waals surface area (Å²) in [4.78, 5) is 24.2. The lowest BCUT2D eigenvalue weighted by Gasteiger charge is -2.08. The normalized spacial score (nSPS) is 10.8. The van der Waals surface area contributed by atoms with E-state index in [0.717, 1.165) is 22.8 Å². The van der Waals surface area contributed by atoms with Crippen molar-refractivity contribution < 1.29 is 9.53 Å². The summed E-state index contributed by atoms with van der Waals surface area (Å²) in [6, 6.07) is 1.89. The molecule has 0 bridgehead atoms. The fourth-order valence-corrected chi connectivity index (χ4v) is 3.14. The Morgan fingerprint density at radius 3 is 2.96 bits per heavy atom. The third-order valence-electron chi connectivity index (χ3n) is 3.04. The van der Waals surface area contributed by atoms with Crippen molar-refractivity contribution >= 4 is 45.6 Å². The fraction of sp³-hybridized carbons (Fsp3) is 0.308. The van der Waals surface area contributed by atoms with Gasteiger partial charge in [-0.3, -0.25) is 0 Å². The molecule has 0 unspecified atom stereocenters. The summed E-state index contributed by atoms with van der Waals surface area (Å²) >= 11 is 7.07. The predicted octanol–water partition coefficient (Wildman–Crippen LogP) is 1.85. The average molecular weight is 368 g/mol. The molecule has 0 saturated carbocycles. The van der Waals surface area contributed by atoms with Crippen LogP contribution in [0.3, 0.4) is 0 Å². The van der Waals surface area contributed by atoms with Crippen LogP contribution in [0.1, 0.15) is 15.4 Å². The van der Waals surface area contributed by atoms with Crippen molar-refractivity contribution in [2.24, 2.45) is 0 Å². The molecule has 0 saturated heterocycles. The Kier molecular flexibility index (Phi) is 4.76. The number of aryl methyl sites for hydroxylation is 1. The molecule has 0 amide bonds. The molecule has 24 heavy (non-hydrogen) atoms. The van der Waals surface area contributed by atoms with Crippen LogP contribution in [-0.4, -0.2) is 50.7 Å². The molecule has 11 heteroatoms. The maximum Gasteiger partial charge on any atom is 0.351 e. The molecule has 3 aromatic rings. The monoisotopic (exact) mass is 367 g/mol. The van der Waals surface area contributed by atoms with E-state index in [-0.39, 0.29) is 10.0 Å². The molecule has 3 heterocycles. The maximum atomic E-state index is 11.5. The van der Waals surface area contributed by atoms with Crippen LogP contribution in [0.4, 0.5) is 10.9 Å².